The van der Waals surface area contributed by atoms with Gasteiger partial charge in [-0.25, -0.2) is 13.6 Å². The second kappa shape index (κ2) is 11.1. The Labute approximate surface area is 195 Å². The summed E-state index contributed by atoms with van der Waals surface area (Å²) in [4.78, 5) is 12.4. The van der Waals surface area contributed by atoms with Gasteiger partial charge in [0.1, 0.15) is 17.2 Å². The van der Waals surface area contributed by atoms with Crippen LogP contribution in [0, 0.1) is 11.6 Å². The largest absolute Gasteiger partial charge is 0.444 e. The minimum Gasteiger partial charge on any atom is -0.444 e. The molecule has 2 rings (SSSR count). The molecule has 3 N–H and O–H groups in total. The van der Waals surface area contributed by atoms with Crippen molar-refractivity contribution in [3.63, 3.8) is 0 Å². The third-order valence-electron chi connectivity index (χ3n) is 5.35. The van der Waals surface area contributed by atoms with Crippen LogP contribution in [0.5, 0.6) is 0 Å². The van der Waals surface area contributed by atoms with Crippen LogP contribution in [0.3, 0.4) is 0 Å². The maximum atomic E-state index is 13.7. The van der Waals surface area contributed by atoms with Crippen LogP contribution >= 0.6 is 0 Å². The molecule has 2 atom stereocenters. The molecule has 0 aromatic heterocycles. The predicted molar refractivity (Wildman–Crippen MR) is 126 cm³/mol. The Morgan fingerprint density at radius 1 is 1.03 bits per heavy atom. The Hall–Kier alpha value is -2.51. The highest BCUT2D eigenvalue weighted by atomic mass is 19.1. The molecule has 5 nitrogen and oxygen atoms in total. The van der Waals surface area contributed by atoms with Crippen molar-refractivity contribution in [1.29, 1.82) is 0 Å². The standard InChI is InChI=1S/C26H36F2N2O3/c1-7-17-9-8-10-19(11-17)26(5,6)29-16-23(31)22(30-24(32)33-25(2,3)4)14-18-12-20(27)15-21(28)13-18/h8-13,15,22-23,29,31H,7,14,16H2,1-6H3,(H,30,32). The summed E-state index contributed by atoms with van der Waals surface area (Å²) in [6.45, 7) is 11.4. The maximum absolute atomic E-state index is 13.7. The van der Waals surface area contributed by atoms with Gasteiger partial charge >= 0.3 is 6.09 Å². The lowest BCUT2D eigenvalue weighted by molar-refractivity contribution is 0.0415. The molecule has 2 unspecified atom stereocenters. The van der Waals surface area contributed by atoms with Crippen LogP contribution in [0.4, 0.5) is 13.6 Å². The molecule has 0 bridgehead atoms. The first-order chi connectivity index (χ1) is 15.3. The molecule has 7 heteroatoms. The maximum Gasteiger partial charge on any atom is 0.407 e. The molecule has 2 aromatic carbocycles. The molecule has 0 radical (unpaired) electrons. The van der Waals surface area contributed by atoms with E-state index in [9.17, 15) is 18.7 Å². The van der Waals surface area contributed by atoms with Crippen molar-refractivity contribution in [2.24, 2.45) is 0 Å². The monoisotopic (exact) mass is 462 g/mol. The predicted octanol–water partition coefficient (Wildman–Crippen LogP) is 4.85. The lowest BCUT2D eigenvalue weighted by atomic mass is 9.91. The zero-order valence-corrected chi connectivity index (χ0v) is 20.3. The van der Waals surface area contributed by atoms with Gasteiger partial charge in [0.15, 0.2) is 0 Å². The number of carbonyl (C=O) groups is 1. The second-order valence-corrected chi connectivity index (χ2v) is 9.86. The molecule has 0 aliphatic heterocycles. The Bertz CT molecular complexity index is 921. The number of alkyl carbamates (subject to hydrolysis) is 1. The number of benzene rings is 2. The fourth-order valence-electron chi connectivity index (χ4n) is 3.51. The first kappa shape index (κ1) is 26.7. The zero-order chi connectivity index (χ0) is 24.8. The minimum absolute atomic E-state index is 0.0303. The highest BCUT2D eigenvalue weighted by Crippen LogP contribution is 2.22. The topological polar surface area (TPSA) is 70.6 Å². The molecular weight excluding hydrogens is 426 g/mol. The Morgan fingerprint density at radius 3 is 2.24 bits per heavy atom. The fourth-order valence-corrected chi connectivity index (χ4v) is 3.51. The van der Waals surface area contributed by atoms with E-state index in [0.29, 0.717) is 5.56 Å². The number of hydrogen-bond donors (Lipinski definition) is 3. The van der Waals surface area contributed by atoms with Gasteiger partial charge in [0.2, 0.25) is 0 Å². The van der Waals surface area contributed by atoms with Gasteiger partial charge in [0, 0.05) is 18.2 Å². The summed E-state index contributed by atoms with van der Waals surface area (Å²) >= 11 is 0. The van der Waals surface area contributed by atoms with Crippen LogP contribution in [-0.4, -0.2) is 35.5 Å². The van der Waals surface area contributed by atoms with Gasteiger partial charge in [0.25, 0.3) is 0 Å². The highest BCUT2D eigenvalue weighted by Gasteiger charge is 2.28. The summed E-state index contributed by atoms with van der Waals surface area (Å²) in [5.74, 6) is -1.43. The molecule has 0 saturated heterocycles. The van der Waals surface area contributed by atoms with Gasteiger partial charge in [-0.1, -0.05) is 31.2 Å². The molecule has 0 aliphatic carbocycles. The molecular formula is C26H36F2N2O3. The summed E-state index contributed by atoms with van der Waals surface area (Å²) in [6.07, 6.45) is -0.808. The van der Waals surface area contributed by atoms with Crippen LogP contribution in [0.15, 0.2) is 42.5 Å². The first-order valence-electron chi connectivity index (χ1n) is 11.3. The van der Waals surface area contributed by atoms with E-state index in [4.69, 9.17) is 4.74 Å². The molecule has 0 heterocycles. The van der Waals surface area contributed by atoms with E-state index in [1.165, 1.54) is 17.7 Å². The van der Waals surface area contributed by atoms with Gasteiger partial charge in [-0.3, -0.25) is 0 Å². The zero-order valence-electron chi connectivity index (χ0n) is 20.3. The van der Waals surface area contributed by atoms with E-state index < -0.39 is 41.0 Å². The van der Waals surface area contributed by atoms with Gasteiger partial charge in [-0.2, -0.15) is 0 Å². The number of hydrogen-bond acceptors (Lipinski definition) is 4. The van der Waals surface area contributed by atoms with Crippen LogP contribution in [0.2, 0.25) is 0 Å². The number of aryl methyl sites for hydroxylation is 1. The molecule has 2 aromatic rings. The van der Waals surface area contributed by atoms with Crippen LogP contribution in [-0.2, 0) is 23.1 Å². The molecule has 182 valence electrons. The van der Waals surface area contributed by atoms with Crippen molar-refractivity contribution in [2.75, 3.05) is 6.54 Å². The number of nitrogens with one attached hydrogen (secondary N) is 2. The lowest BCUT2D eigenvalue weighted by Crippen LogP contribution is -2.52. The van der Waals surface area contributed by atoms with E-state index in [1.54, 1.807) is 20.8 Å². The quantitative estimate of drug-likeness (QED) is 0.498. The average Bonchev–Trinajstić information content (AvgIpc) is 2.69. The molecule has 33 heavy (non-hydrogen) atoms. The summed E-state index contributed by atoms with van der Waals surface area (Å²) < 4.78 is 32.7. The number of aliphatic hydroxyl groups is 1. The van der Waals surface area contributed by atoms with Crippen LogP contribution in [0.25, 0.3) is 0 Å². The third-order valence-corrected chi connectivity index (χ3v) is 5.35. The highest BCUT2D eigenvalue weighted by molar-refractivity contribution is 5.68. The summed E-state index contributed by atoms with van der Waals surface area (Å²) in [5.41, 5.74) is 1.42. The van der Waals surface area contributed by atoms with Gasteiger partial charge in [0.05, 0.1) is 12.1 Å². The van der Waals surface area contributed by atoms with Crippen molar-refractivity contribution in [3.05, 3.63) is 70.8 Å². The smallest absolute Gasteiger partial charge is 0.407 e. The van der Waals surface area contributed by atoms with E-state index in [1.807, 2.05) is 26.0 Å². The molecule has 0 spiro atoms. The normalized spacial score (nSPS) is 14.0. The summed E-state index contributed by atoms with van der Waals surface area (Å²) in [7, 11) is 0. The third kappa shape index (κ3) is 8.74. The first-order valence-corrected chi connectivity index (χ1v) is 11.3. The van der Waals surface area contributed by atoms with Gasteiger partial charge in [-0.15, -0.1) is 0 Å². The van der Waals surface area contributed by atoms with E-state index in [-0.39, 0.29) is 13.0 Å². The number of ether oxygens (including phenoxy) is 1. The van der Waals surface area contributed by atoms with Crippen molar-refractivity contribution in [3.8, 4) is 0 Å². The van der Waals surface area contributed by atoms with Crippen molar-refractivity contribution in [1.82, 2.24) is 10.6 Å². The SMILES string of the molecule is CCc1cccc(C(C)(C)NCC(O)C(Cc2cc(F)cc(F)c2)NC(=O)OC(C)(C)C)c1. The van der Waals surface area contributed by atoms with Crippen LogP contribution in [0.1, 0.15) is 58.2 Å². The van der Waals surface area contributed by atoms with Crippen LogP contribution < -0.4 is 10.6 Å². The van der Waals surface area contributed by atoms with Gasteiger partial charge < -0.3 is 20.5 Å². The molecule has 0 saturated carbocycles. The van der Waals surface area contributed by atoms with E-state index in [0.717, 1.165) is 18.1 Å². The fraction of sp³-hybridized carbons (Fsp3) is 0.500. The average molecular weight is 463 g/mol. The molecule has 1 amide bonds. The number of rotatable bonds is 9. The van der Waals surface area contributed by atoms with Gasteiger partial charge in [-0.05, 0) is 76.3 Å². The minimum atomic E-state index is -1.04. The van der Waals surface area contributed by atoms with Crippen molar-refractivity contribution in [2.45, 2.75) is 77.7 Å². The summed E-state index contributed by atoms with van der Waals surface area (Å²) in [5, 5.41) is 17.0. The second-order valence-electron chi connectivity index (χ2n) is 9.86. The van der Waals surface area contributed by atoms with Crippen molar-refractivity contribution >= 4 is 6.09 Å². The molecule has 0 fully saturated rings. The number of carbonyl (C=O) groups excluding carboxylic acids is 1. The van der Waals surface area contributed by atoms with E-state index >= 15 is 0 Å². The van der Waals surface area contributed by atoms with E-state index in [2.05, 4.69) is 29.7 Å². The van der Waals surface area contributed by atoms with Crippen molar-refractivity contribution < 1.29 is 23.4 Å². The number of amides is 1. The Morgan fingerprint density at radius 2 is 1.67 bits per heavy atom. The molecule has 0 aliphatic rings. The Kier molecular flexibility index (Phi) is 8.97. The summed E-state index contributed by atoms with van der Waals surface area (Å²) in [6, 6.07) is 10.5. The lowest BCUT2D eigenvalue weighted by Gasteiger charge is -2.32. The number of aliphatic hydroxyl groups excluding tert-OH is 1. The Balaban J connectivity index is 2.17. The number of halogens is 2.